The number of aromatic nitrogens is 3. The minimum atomic E-state index is -0.748. The molecule has 1 aliphatic heterocycles. The molecular weight excluding hydrogens is 500 g/mol. The van der Waals surface area contributed by atoms with Crippen LogP contribution in [0.15, 0.2) is 42.7 Å². The molecule has 0 aliphatic carbocycles. The normalized spacial score (nSPS) is 16.7. The second kappa shape index (κ2) is 9.59. The van der Waals surface area contributed by atoms with Crippen LogP contribution >= 0.6 is 11.3 Å². The highest BCUT2D eigenvalue weighted by Crippen LogP contribution is 2.39. The van der Waals surface area contributed by atoms with Gasteiger partial charge in [0.1, 0.15) is 28.9 Å². The van der Waals surface area contributed by atoms with Crippen molar-refractivity contribution >= 4 is 22.8 Å². The number of rotatable bonds is 7. The smallest absolute Gasteiger partial charge is 0.182 e. The number of benzene rings is 1. The molecule has 0 radical (unpaired) electrons. The first kappa shape index (κ1) is 25.4. The quantitative estimate of drug-likeness (QED) is 0.293. The van der Waals surface area contributed by atoms with Gasteiger partial charge in [-0.1, -0.05) is 6.07 Å². The van der Waals surface area contributed by atoms with E-state index in [2.05, 4.69) is 9.97 Å². The van der Waals surface area contributed by atoms with E-state index in [0.717, 1.165) is 9.88 Å². The van der Waals surface area contributed by atoms with Gasteiger partial charge in [-0.05, 0) is 52.0 Å². The van der Waals surface area contributed by atoms with Crippen LogP contribution in [0.25, 0.3) is 5.65 Å². The van der Waals surface area contributed by atoms with Crippen molar-refractivity contribution in [2.45, 2.75) is 51.9 Å². The Morgan fingerprint density at radius 3 is 2.49 bits per heavy atom. The standard InChI is InChI=1S/C27H27F2N3O4S/c1-16-12-30-25(37-16)27(14-35-26(3,4)36-15-27)11-21(33)23-17(2)31-24-22(9-6-10-32(23)24)34-13-18-19(28)7-5-8-20(18)29/h5-10,12H,11,13-15H2,1-4H3. The summed E-state index contributed by atoms with van der Waals surface area (Å²) in [5.74, 6) is -1.97. The van der Waals surface area contributed by atoms with Crippen LogP contribution in [0.1, 0.15) is 51.9 Å². The number of Topliss-reactive ketones (excluding diaryl/α,β-unsaturated/α-hetero) is 1. The van der Waals surface area contributed by atoms with Crippen molar-refractivity contribution < 1.29 is 27.8 Å². The van der Waals surface area contributed by atoms with Crippen LogP contribution in [0.3, 0.4) is 0 Å². The molecule has 0 unspecified atom stereocenters. The molecule has 3 aromatic heterocycles. The molecule has 0 bridgehead atoms. The van der Waals surface area contributed by atoms with Crippen molar-refractivity contribution in [2.75, 3.05) is 13.2 Å². The van der Waals surface area contributed by atoms with E-state index in [0.29, 0.717) is 22.8 Å². The van der Waals surface area contributed by atoms with Crippen molar-refractivity contribution in [3.05, 3.63) is 81.2 Å². The first-order valence-electron chi connectivity index (χ1n) is 11.9. The maximum Gasteiger partial charge on any atom is 0.182 e. The average Bonchev–Trinajstić information content (AvgIpc) is 3.43. The highest BCUT2D eigenvalue weighted by atomic mass is 32.1. The highest BCUT2D eigenvalue weighted by Gasteiger charge is 2.45. The Balaban J connectivity index is 1.46. The fourth-order valence-electron chi connectivity index (χ4n) is 4.42. The predicted molar refractivity (Wildman–Crippen MR) is 134 cm³/mol. The minimum absolute atomic E-state index is 0.107. The number of hydrogen-bond donors (Lipinski definition) is 0. The fourth-order valence-corrected chi connectivity index (χ4v) is 5.35. The number of pyridine rings is 1. The molecule has 1 saturated heterocycles. The highest BCUT2D eigenvalue weighted by molar-refractivity contribution is 7.11. The SMILES string of the molecule is Cc1cnc(C2(CC(=O)c3c(C)nc4c(OCc5c(F)cccc5F)cccn34)COC(C)(C)OC2)s1. The monoisotopic (exact) mass is 527 g/mol. The van der Waals surface area contributed by atoms with Gasteiger partial charge in [-0.15, -0.1) is 11.3 Å². The lowest BCUT2D eigenvalue weighted by atomic mass is 9.83. The third-order valence-corrected chi connectivity index (χ3v) is 7.61. The lowest BCUT2D eigenvalue weighted by molar-refractivity contribution is -0.268. The average molecular weight is 528 g/mol. The molecule has 194 valence electrons. The summed E-state index contributed by atoms with van der Waals surface area (Å²) in [4.78, 5) is 24.0. The Hall–Kier alpha value is -3.21. The fraction of sp³-hybridized carbons (Fsp3) is 0.370. The van der Waals surface area contributed by atoms with Gasteiger partial charge in [-0.3, -0.25) is 9.20 Å². The topological polar surface area (TPSA) is 75.0 Å². The Morgan fingerprint density at radius 2 is 1.84 bits per heavy atom. The van der Waals surface area contributed by atoms with Gasteiger partial charge in [0.15, 0.2) is 23.0 Å². The summed E-state index contributed by atoms with van der Waals surface area (Å²) in [6, 6.07) is 7.01. The Labute approximate surface area is 217 Å². The number of aryl methyl sites for hydroxylation is 2. The molecular formula is C27H27F2N3O4S. The summed E-state index contributed by atoms with van der Waals surface area (Å²) in [5, 5.41) is 0.788. The van der Waals surface area contributed by atoms with Gasteiger partial charge in [-0.2, -0.15) is 0 Å². The van der Waals surface area contributed by atoms with Gasteiger partial charge in [0, 0.05) is 23.7 Å². The number of thiazole rings is 1. The van der Waals surface area contributed by atoms with Crippen LogP contribution < -0.4 is 4.74 Å². The Morgan fingerprint density at radius 1 is 1.14 bits per heavy atom. The van der Waals surface area contributed by atoms with Crippen molar-refractivity contribution in [3.8, 4) is 5.75 Å². The number of nitrogens with zero attached hydrogens (tertiary/aromatic N) is 3. The van der Waals surface area contributed by atoms with Crippen molar-refractivity contribution in [2.24, 2.45) is 0 Å². The van der Waals surface area contributed by atoms with Gasteiger partial charge >= 0.3 is 0 Å². The lowest BCUT2D eigenvalue weighted by Crippen LogP contribution is -2.50. The minimum Gasteiger partial charge on any atom is -0.485 e. The van der Waals surface area contributed by atoms with Crippen molar-refractivity contribution in [1.82, 2.24) is 14.4 Å². The lowest BCUT2D eigenvalue weighted by Gasteiger charge is -2.42. The molecule has 0 spiro atoms. The summed E-state index contributed by atoms with van der Waals surface area (Å²) >= 11 is 1.52. The van der Waals surface area contributed by atoms with Crippen LogP contribution in [-0.4, -0.2) is 39.2 Å². The molecule has 10 heteroatoms. The largest absolute Gasteiger partial charge is 0.485 e. The maximum atomic E-state index is 14.1. The molecule has 1 aromatic carbocycles. The number of ether oxygens (including phenoxy) is 3. The molecule has 0 amide bonds. The van der Waals surface area contributed by atoms with E-state index in [1.54, 1.807) is 35.9 Å². The summed E-state index contributed by atoms with van der Waals surface area (Å²) in [7, 11) is 0. The first-order chi connectivity index (χ1) is 17.6. The zero-order valence-corrected chi connectivity index (χ0v) is 21.8. The number of fused-ring (bicyclic) bond motifs is 1. The van der Waals surface area contributed by atoms with Gasteiger partial charge in [0.05, 0.1) is 29.9 Å². The van der Waals surface area contributed by atoms with E-state index in [9.17, 15) is 13.6 Å². The Bertz CT molecular complexity index is 1450. The summed E-state index contributed by atoms with van der Waals surface area (Å²) in [5.41, 5.74) is 0.386. The zero-order valence-electron chi connectivity index (χ0n) is 21.0. The molecule has 0 saturated carbocycles. The van der Waals surface area contributed by atoms with Crippen LogP contribution in [0, 0.1) is 25.5 Å². The second-order valence-corrected chi connectivity index (χ2v) is 11.0. The Kier molecular flexibility index (Phi) is 6.59. The number of halogens is 2. The van der Waals surface area contributed by atoms with Crippen molar-refractivity contribution in [3.63, 3.8) is 0 Å². The van der Waals surface area contributed by atoms with Gasteiger partial charge < -0.3 is 14.2 Å². The van der Waals surface area contributed by atoms with E-state index in [-0.39, 0.29) is 37.6 Å². The van der Waals surface area contributed by atoms with Gasteiger partial charge in [-0.25, -0.2) is 18.7 Å². The zero-order chi connectivity index (χ0) is 26.4. The van der Waals surface area contributed by atoms with Crippen LogP contribution in [-0.2, 0) is 21.5 Å². The molecule has 4 aromatic rings. The molecule has 0 N–H and O–H groups in total. The first-order valence-corrected chi connectivity index (χ1v) is 12.7. The third kappa shape index (κ3) is 4.88. The molecule has 7 nitrogen and oxygen atoms in total. The molecule has 4 heterocycles. The molecule has 1 fully saturated rings. The van der Waals surface area contributed by atoms with Crippen LogP contribution in [0.2, 0.25) is 0 Å². The third-order valence-electron chi connectivity index (χ3n) is 6.45. The van der Waals surface area contributed by atoms with E-state index < -0.39 is 22.8 Å². The number of ketones is 1. The summed E-state index contributed by atoms with van der Waals surface area (Å²) in [6.07, 6.45) is 3.61. The van der Waals surface area contributed by atoms with E-state index in [4.69, 9.17) is 14.2 Å². The van der Waals surface area contributed by atoms with Crippen LogP contribution in [0.5, 0.6) is 5.75 Å². The predicted octanol–water partition coefficient (Wildman–Crippen LogP) is 5.56. The van der Waals surface area contributed by atoms with Gasteiger partial charge in [0.2, 0.25) is 0 Å². The van der Waals surface area contributed by atoms with E-state index >= 15 is 0 Å². The van der Waals surface area contributed by atoms with Crippen LogP contribution in [0.4, 0.5) is 8.78 Å². The number of carbonyl (C=O) groups excluding carboxylic acids is 1. The second-order valence-electron chi connectivity index (χ2n) is 9.73. The molecule has 37 heavy (non-hydrogen) atoms. The summed E-state index contributed by atoms with van der Waals surface area (Å²) in [6.45, 7) is 7.66. The maximum absolute atomic E-state index is 14.1. The van der Waals surface area contributed by atoms with E-state index in [1.165, 1.54) is 29.5 Å². The molecule has 5 rings (SSSR count). The number of hydrogen-bond acceptors (Lipinski definition) is 7. The molecule has 1 aliphatic rings. The number of imidazole rings is 1. The number of carbonyl (C=O) groups is 1. The van der Waals surface area contributed by atoms with Crippen molar-refractivity contribution in [1.29, 1.82) is 0 Å². The van der Waals surface area contributed by atoms with Gasteiger partial charge in [0.25, 0.3) is 0 Å². The summed E-state index contributed by atoms with van der Waals surface area (Å²) < 4.78 is 47.5. The molecule has 0 atom stereocenters. The van der Waals surface area contributed by atoms with E-state index in [1.807, 2.05) is 20.8 Å².